The van der Waals surface area contributed by atoms with Gasteiger partial charge in [-0.1, -0.05) is 0 Å². The third-order valence-electron chi connectivity index (χ3n) is 2.38. The van der Waals surface area contributed by atoms with Crippen LogP contribution in [0.2, 0.25) is 0 Å². The lowest BCUT2D eigenvalue weighted by molar-refractivity contribution is -0.155. The number of ether oxygens (including phenoxy) is 2. The van der Waals surface area contributed by atoms with E-state index in [4.69, 9.17) is 9.47 Å². The van der Waals surface area contributed by atoms with Crippen molar-refractivity contribution in [2.75, 3.05) is 6.61 Å². The number of hydrogen-bond donors (Lipinski definition) is 0. The number of hydrogen-bond acceptors (Lipinski definition) is 7. The van der Waals surface area contributed by atoms with E-state index in [2.05, 4.69) is 4.18 Å². The molecule has 0 aromatic heterocycles. The molecule has 0 radical (unpaired) electrons. The van der Waals surface area contributed by atoms with E-state index in [-0.39, 0.29) is 13.0 Å². The fourth-order valence-corrected chi connectivity index (χ4v) is 2.90. The molecule has 1 atom stereocenters. The maximum atomic E-state index is 12.0. The van der Waals surface area contributed by atoms with Crippen molar-refractivity contribution in [3.8, 4) is 0 Å². The van der Waals surface area contributed by atoms with Gasteiger partial charge in [0.05, 0.1) is 19.1 Å². The molecule has 9 heteroatoms. The maximum absolute atomic E-state index is 12.0. The van der Waals surface area contributed by atoms with Gasteiger partial charge in [0, 0.05) is 0 Å². The number of esters is 1. The highest BCUT2D eigenvalue weighted by molar-refractivity contribution is 7.85. The molecular weight excluding hydrogens is 314 g/mol. The molecule has 0 spiro atoms. The van der Waals surface area contributed by atoms with Gasteiger partial charge in [-0.2, -0.15) is 12.7 Å². The van der Waals surface area contributed by atoms with Gasteiger partial charge in [-0.3, -0.25) is 8.98 Å². The molecule has 1 saturated heterocycles. The third kappa shape index (κ3) is 5.45. The Morgan fingerprint density at radius 2 is 1.59 bits per heavy atom. The van der Waals surface area contributed by atoms with Gasteiger partial charge in [-0.25, -0.2) is 4.79 Å². The lowest BCUT2D eigenvalue weighted by Crippen LogP contribution is -2.44. The zero-order valence-corrected chi connectivity index (χ0v) is 14.5. The van der Waals surface area contributed by atoms with Crippen LogP contribution in [0.5, 0.6) is 0 Å². The normalized spacial score (nSPS) is 21.5. The van der Waals surface area contributed by atoms with Crippen LogP contribution in [-0.4, -0.2) is 48.6 Å². The largest absolute Gasteiger partial charge is 0.460 e. The number of amides is 1. The van der Waals surface area contributed by atoms with Crippen molar-refractivity contribution in [2.45, 2.75) is 65.2 Å². The zero-order chi connectivity index (χ0) is 17.3. The summed E-state index contributed by atoms with van der Waals surface area (Å²) in [6.45, 7) is 9.60. The molecule has 0 N–H and O–H groups in total. The Bertz CT molecular complexity index is 542. The van der Waals surface area contributed by atoms with Crippen LogP contribution in [-0.2, 0) is 28.8 Å². The van der Waals surface area contributed by atoms with Crippen molar-refractivity contribution < 1.29 is 31.7 Å². The summed E-state index contributed by atoms with van der Waals surface area (Å²) in [5.74, 6) is -0.619. The van der Waals surface area contributed by atoms with Crippen molar-refractivity contribution in [3.63, 3.8) is 0 Å². The van der Waals surface area contributed by atoms with Crippen molar-refractivity contribution in [2.24, 2.45) is 0 Å². The third-order valence-corrected chi connectivity index (χ3v) is 3.74. The Morgan fingerprint density at radius 1 is 1.09 bits per heavy atom. The molecule has 1 unspecified atom stereocenters. The van der Waals surface area contributed by atoms with E-state index in [1.807, 2.05) is 0 Å². The lowest BCUT2D eigenvalue weighted by atomic mass is 10.1. The SMILES string of the molecule is CC(C)(C)OC(=O)CC1COS(=O)(=O)N1C(=O)OC(C)(C)C. The van der Waals surface area contributed by atoms with E-state index in [1.54, 1.807) is 41.5 Å². The fourth-order valence-electron chi connectivity index (χ4n) is 1.74. The average Bonchev–Trinajstić information content (AvgIpc) is 2.47. The van der Waals surface area contributed by atoms with Crippen LogP contribution in [0, 0.1) is 0 Å². The van der Waals surface area contributed by atoms with Crippen molar-refractivity contribution in [3.05, 3.63) is 0 Å². The molecule has 1 aliphatic heterocycles. The zero-order valence-electron chi connectivity index (χ0n) is 13.7. The van der Waals surface area contributed by atoms with E-state index < -0.39 is 39.6 Å². The molecule has 0 aromatic rings. The van der Waals surface area contributed by atoms with Crippen molar-refractivity contribution >= 4 is 22.4 Å². The quantitative estimate of drug-likeness (QED) is 0.706. The second-order valence-electron chi connectivity index (χ2n) is 6.96. The Morgan fingerprint density at radius 3 is 2.05 bits per heavy atom. The van der Waals surface area contributed by atoms with Crippen LogP contribution in [0.4, 0.5) is 4.79 Å². The first-order valence-electron chi connectivity index (χ1n) is 6.85. The summed E-state index contributed by atoms with van der Waals surface area (Å²) < 4.78 is 38.9. The smallest absolute Gasteiger partial charge is 0.426 e. The molecular formula is C13H23NO7S. The van der Waals surface area contributed by atoms with Gasteiger partial charge in [0.1, 0.15) is 11.2 Å². The van der Waals surface area contributed by atoms with Crippen LogP contribution < -0.4 is 0 Å². The van der Waals surface area contributed by atoms with Gasteiger partial charge in [-0.05, 0) is 41.5 Å². The Kier molecular flexibility index (Phi) is 5.13. The van der Waals surface area contributed by atoms with E-state index in [0.29, 0.717) is 4.31 Å². The van der Waals surface area contributed by atoms with Gasteiger partial charge in [-0.15, -0.1) is 0 Å². The topological polar surface area (TPSA) is 99.2 Å². The van der Waals surface area contributed by atoms with E-state index in [9.17, 15) is 18.0 Å². The predicted octanol–water partition coefficient (Wildman–Crippen LogP) is 1.60. The molecule has 1 fully saturated rings. The first-order valence-corrected chi connectivity index (χ1v) is 8.21. The standard InChI is InChI=1S/C13H23NO7S/c1-12(2,3)20-10(15)7-9-8-19-22(17,18)14(9)11(16)21-13(4,5)6/h9H,7-8H2,1-6H3. The van der Waals surface area contributed by atoms with Gasteiger partial charge in [0.15, 0.2) is 0 Å². The maximum Gasteiger partial charge on any atom is 0.426 e. The van der Waals surface area contributed by atoms with Crippen molar-refractivity contribution in [1.82, 2.24) is 4.31 Å². The minimum absolute atomic E-state index is 0.296. The van der Waals surface area contributed by atoms with Crippen LogP contribution in [0.1, 0.15) is 48.0 Å². The van der Waals surface area contributed by atoms with E-state index in [1.165, 1.54) is 0 Å². The summed E-state index contributed by atoms with van der Waals surface area (Å²) in [6.07, 6.45) is -1.37. The second-order valence-corrected chi connectivity index (χ2v) is 8.45. The highest BCUT2D eigenvalue weighted by atomic mass is 32.2. The van der Waals surface area contributed by atoms with Gasteiger partial charge < -0.3 is 9.47 Å². The number of carbonyl (C=O) groups is 2. The van der Waals surface area contributed by atoms with Crippen LogP contribution in [0.25, 0.3) is 0 Å². The van der Waals surface area contributed by atoms with Crippen LogP contribution >= 0.6 is 0 Å². The highest BCUT2D eigenvalue weighted by Crippen LogP contribution is 2.25. The minimum atomic E-state index is -4.25. The van der Waals surface area contributed by atoms with Gasteiger partial charge in [0.25, 0.3) is 0 Å². The molecule has 1 rings (SSSR count). The lowest BCUT2D eigenvalue weighted by Gasteiger charge is -2.26. The minimum Gasteiger partial charge on any atom is -0.460 e. The number of nitrogens with zero attached hydrogens (tertiary/aromatic N) is 1. The summed E-state index contributed by atoms with van der Waals surface area (Å²) in [6, 6.07) is -0.977. The summed E-state index contributed by atoms with van der Waals surface area (Å²) in [4.78, 5) is 23.9. The average molecular weight is 337 g/mol. The molecule has 1 heterocycles. The summed E-state index contributed by atoms with van der Waals surface area (Å²) in [5.41, 5.74) is -1.57. The number of carbonyl (C=O) groups excluding carboxylic acids is 2. The summed E-state index contributed by atoms with van der Waals surface area (Å²) in [5, 5.41) is 0. The molecule has 8 nitrogen and oxygen atoms in total. The molecule has 128 valence electrons. The molecule has 1 aliphatic rings. The van der Waals surface area contributed by atoms with E-state index in [0.717, 1.165) is 0 Å². The first-order chi connectivity index (χ1) is 9.71. The first kappa shape index (κ1) is 18.7. The molecule has 0 saturated carbocycles. The van der Waals surface area contributed by atoms with Crippen LogP contribution in [0.3, 0.4) is 0 Å². The van der Waals surface area contributed by atoms with Gasteiger partial charge in [0.2, 0.25) is 0 Å². The van der Waals surface area contributed by atoms with Crippen LogP contribution in [0.15, 0.2) is 0 Å². The molecule has 1 amide bonds. The predicted molar refractivity (Wildman–Crippen MR) is 77.2 cm³/mol. The summed E-state index contributed by atoms with van der Waals surface area (Å²) >= 11 is 0. The molecule has 0 aliphatic carbocycles. The summed E-state index contributed by atoms with van der Waals surface area (Å²) in [7, 11) is -4.25. The Balaban J connectivity index is 2.86. The molecule has 0 bridgehead atoms. The highest BCUT2D eigenvalue weighted by Gasteiger charge is 2.45. The molecule has 22 heavy (non-hydrogen) atoms. The van der Waals surface area contributed by atoms with Crippen molar-refractivity contribution in [1.29, 1.82) is 0 Å². The Hall–Kier alpha value is -1.35. The second kappa shape index (κ2) is 6.04. The molecule has 0 aromatic carbocycles. The van der Waals surface area contributed by atoms with Gasteiger partial charge >= 0.3 is 22.4 Å². The fraction of sp³-hybridized carbons (Fsp3) is 0.846. The number of rotatable bonds is 2. The monoisotopic (exact) mass is 337 g/mol. The van der Waals surface area contributed by atoms with E-state index >= 15 is 0 Å². The Labute approximate surface area is 131 Å².